The number of benzene rings is 4. The van der Waals surface area contributed by atoms with Crippen LogP contribution < -0.4 is 4.90 Å². The normalized spacial score (nSPS) is 13.3. The van der Waals surface area contributed by atoms with Gasteiger partial charge in [0, 0.05) is 22.4 Å². The van der Waals surface area contributed by atoms with E-state index in [2.05, 4.69) is 118 Å². The molecule has 182 valence electrons. The van der Waals surface area contributed by atoms with Gasteiger partial charge in [-0.25, -0.2) is 0 Å². The summed E-state index contributed by atoms with van der Waals surface area (Å²) in [6.45, 7) is 6.67. The predicted octanol–water partition coefficient (Wildman–Crippen LogP) is 7.56. The topological polar surface area (TPSA) is 32.7 Å². The Hall–Kier alpha value is -2.83. The fourth-order valence-corrected chi connectivity index (χ4v) is 6.92. The van der Waals surface area contributed by atoms with Crippen molar-refractivity contribution < 1.29 is 9.53 Å². The van der Waals surface area contributed by atoms with Gasteiger partial charge in [-0.05, 0) is 33.9 Å². The van der Waals surface area contributed by atoms with Crippen LogP contribution in [0.2, 0.25) is 5.04 Å². The van der Waals surface area contributed by atoms with Crippen molar-refractivity contribution in [2.75, 3.05) is 11.9 Å². The quantitative estimate of drug-likeness (QED) is 0.215. The zero-order valence-electron chi connectivity index (χ0n) is 21.2. The minimum atomic E-state index is -0.793. The molecule has 0 aromatic heterocycles. The minimum Gasteiger partial charge on any atom is -0.400 e. The highest BCUT2D eigenvalue weighted by Crippen LogP contribution is 2.54. The molecule has 0 unspecified atom stereocenters. The summed E-state index contributed by atoms with van der Waals surface area (Å²) in [5.74, 6) is 0. The highest BCUT2D eigenvalue weighted by atomic mass is 32.2. The zero-order valence-corrected chi connectivity index (χ0v) is 23.0. The molecule has 1 heterocycles. The molecule has 3 nitrogen and oxygen atoms in total. The van der Waals surface area contributed by atoms with Gasteiger partial charge in [0.2, 0.25) is 9.76 Å². The Morgan fingerprint density at radius 3 is 1.86 bits per heavy atom. The van der Waals surface area contributed by atoms with Gasteiger partial charge in [0.15, 0.2) is 0 Å². The van der Waals surface area contributed by atoms with E-state index < -0.39 is 5.60 Å². The summed E-state index contributed by atoms with van der Waals surface area (Å²) in [5, 5.41) is 10.1. The lowest BCUT2D eigenvalue weighted by molar-refractivity contribution is 0.154. The third-order valence-corrected chi connectivity index (χ3v) is 8.75. The van der Waals surface area contributed by atoms with E-state index in [1.807, 2.05) is 12.1 Å². The molecular weight excluding hydrogens is 478 g/mol. The maximum absolute atomic E-state index is 10.1. The summed E-state index contributed by atoms with van der Waals surface area (Å²) in [6, 6.07) is 33.8. The first kappa shape index (κ1) is 24.8. The second-order valence-corrected chi connectivity index (χ2v) is 13.0. The van der Waals surface area contributed by atoms with E-state index in [1.54, 1.807) is 11.8 Å². The first-order chi connectivity index (χ1) is 17.3. The fraction of sp³-hybridized carbons (Fsp3) is 0.226. The number of aliphatic hydroxyl groups excluding tert-OH is 1. The van der Waals surface area contributed by atoms with Gasteiger partial charge in [0.25, 0.3) is 0 Å². The monoisotopic (exact) mass is 509 g/mol. The molecule has 1 aliphatic heterocycles. The lowest BCUT2D eigenvalue weighted by Crippen LogP contribution is -2.37. The molecule has 0 bridgehead atoms. The largest absolute Gasteiger partial charge is 0.400 e. The van der Waals surface area contributed by atoms with Gasteiger partial charge in [0.1, 0.15) is 5.60 Å². The van der Waals surface area contributed by atoms with E-state index in [4.69, 9.17) is 4.43 Å². The smallest absolute Gasteiger partial charge is 0.237 e. The molecule has 0 amide bonds. The van der Waals surface area contributed by atoms with Gasteiger partial charge in [-0.2, -0.15) is 0 Å². The predicted molar refractivity (Wildman–Crippen MR) is 150 cm³/mol. The van der Waals surface area contributed by atoms with Crippen LogP contribution in [0.25, 0.3) is 0 Å². The summed E-state index contributed by atoms with van der Waals surface area (Å²) in [5.41, 5.74) is 5.71. The second-order valence-electron chi connectivity index (χ2n) is 10.1. The van der Waals surface area contributed by atoms with Crippen LogP contribution in [-0.4, -0.2) is 21.9 Å². The van der Waals surface area contributed by atoms with Gasteiger partial charge in [0.05, 0.1) is 18.0 Å². The van der Waals surface area contributed by atoms with Crippen LogP contribution in [0, 0.1) is 0 Å². The molecule has 0 atom stereocenters. The van der Waals surface area contributed by atoms with E-state index in [9.17, 15) is 5.11 Å². The van der Waals surface area contributed by atoms with E-state index in [0.717, 1.165) is 43.4 Å². The minimum absolute atomic E-state index is 0.00421. The van der Waals surface area contributed by atoms with Crippen LogP contribution in [0.1, 0.15) is 43.0 Å². The maximum Gasteiger partial charge on any atom is 0.237 e. The van der Waals surface area contributed by atoms with Gasteiger partial charge >= 0.3 is 0 Å². The summed E-state index contributed by atoms with van der Waals surface area (Å²) in [7, 11) is 2.38. The molecule has 1 N–H and O–H groups in total. The first-order valence-electron chi connectivity index (χ1n) is 12.2. The Balaban J connectivity index is 1.81. The van der Waals surface area contributed by atoms with Gasteiger partial charge in [-0.15, -0.1) is 0 Å². The Kier molecular flexibility index (Phi) is 6.84. The number of rotatable bonds is 6. The van der Waals surface area contributed by atoms with E-state index in [1.165, 1.54) is 0 Å². The molecule has 36 heavy (non-hydrogen) atoms. The molecule has 0 aliphatic carbocycles. The van der Waals surface area contributed by atoms with Gasteiger partial charge in [-0.3, -0.25) is 0 Å². The number of anilines is 2. The molecule has 0 saturated carbocycles. The molecule has 0 saturated heterocycles. The maximum atomic E-state index is 10.1. The fourth-order valence-electron chi connectivity index (χ4n) is 4.71. The van der Waals surface area contributed by atoms with Crippen molar-refractivity contribution in [3.63, 3.8) is 0 Å². The molecule has 0 fully saturated rings. The van der Waals surface area contributed by atoms with Crippen molar-refractivity contribution in [1.29, 1.82) is 0 Å². The average molecular weight is 510 g/mol. The van der Waals surface area contributed by atoms with Crippen LogP contribution in [0.3, 0.4) is 0 Å². The number of hydrogen-bond acceptors (Lipinski definition) is 4. The van der Waals surface area contributed by atoms with E-state index in [-0.39, 0.29) is 21.4 Å². The van der Waals surface area contributed by atoms with Crippen molar-refractivity contribution in [2.24, 2.45) is 0 Å². The number of nitrogens with zero attached hydrogens (tertiary/aromatic N) is 1. The van der Waals surface area contributed by atoms with Crippen LogP contribution in [0.4, 0.5) is 11.4 Å². The molecular formula is C31H31NO2SSi. The molecule has 4 aromatic carbocycles. The summed E-state index contributed by atoms with van der Waals surface area (Å²) < 4.78 is 7.14. The molecule has 1 aliphatic rings. The Morgan fingerprint density at radius 2 is 1.31 bits per heavy atom. The highest BCUT2D eigenvalue weighted by Gasteiger charge is 2.42. The first-order valence-corrected chi connectivity index (χ1v) is 13.9. The number of fused-ring (bicyclic) bond motifs is 2. The lowest BCUT2D eigenvalue weighted by atomic mass is 9.80. The Bertz CT molecular complexity index is 1310. The molecule has 2 radical (unpaired) electrons. The third-order valence-electron chi connectivity index (χ3n) is 6.42. The lowest BCUT2D eigenvalue weighted by Gasteiger charge is -2.41. The zero-order chi connectivity index (χ0) is 25.3. The summed E-state index contributed by atoms with van der Waals surface area (Å²) in [4.78, 5) is 4.48. The van der Waals surface area contributed by atoms with Crippen LogP contribution >= 0.6 is 11.8 Å². The van der Waals surface area contributed by atoms with Gasteiger partial charge in [-0.1, -0.05) is 117 Å². The standard InChI is InChI=1S/C31H31NO2SSi/c1-30(2,3)36-34-31(23-14-7-5-8-15-23,24-16-9-6-10-17-24)25-18-12-20-27-29(25)35-28-22(21-33)13-11-19-26(28)32(27)4/h5-20,33H,21H2,1-4H3. The second kappa shape index (κ2) is 9.90. The Labute approximate surface area is 221 Å². The van der Waals surface area contributed by atoms with Crippen molar-refractivity contribution >= 4 is 32.9 Å². The number of hydrogen-bond donors (Lipinski definition) is 1. The van der Waals surface area contributed by atoms with E-state index in [0.29, 0.717) is 0 Å². The molecule has 5 rings (SSSR count). The van der Waals surface area contributed by atoms with Gasteiger partial charge < -0.3 is 14.4 Å². The van der Waals surface area contributed by atoms with Crippen LogP contribution in [0.5, 0.6) is 0 Å². The number of aliphatic hydroxyl groups is 1. The van der Waals surface area contributed by atoms with Crippen molar-refractivity contribution in [2.45, 2.75) is 47.8 Å². The average Bonchev–Trinajstić information content (AvgIpc) is 2.90. The SMILES string of the molecule is CN1c2cccc(CO)c2Sc2c1cccc2C(O[Si]C(C)(C)C)(c1ccccc1)c1ccccc1. The van der Waals surface area contributed by atoms with Crippen molar-refractivity contribution in [1.82, 2.24) is 0 Å². The van der Waals surface area contributed by atoms with Crippen molar-refractivity contribution in [3.8, 4) is 0 Å². The molecule has 4 aromatic rings. The third kappa shape index (κ3) is 4.41. The van der Waals surface area contributed by atoms with Crippen LogP contribution in [-0.2, 0) is 16.6 Å². The Morgan fingerprint density at radius 1 is 0.750 bits per heavy atom. The summed E-state index contributed by atoms with van der Waals surface area (Å²) in [6.07, 6.45) is 0. The van der Waals surface area contributed by atoms with Crippen LogP contribution in [0.15, 0.2) is 107 Å². The van der Waals surface area contributed by atoms with E-state index >= 15 is 0 Å². The summed E-state index contributed by atoms with van der Waals surface area (Å²) >= 11 is 1.74. The highest BCUT2D eigenvalue weighted by molar-refractivity contribution is 7.99. The molecule has 0 spiro atoms. The van der Waals surface area contributed by atoms with Crippen molar-refractivity contribution in [3.05, 3.63) is 119 Å². The molecule has 5 heteroatoms.